The van der Waals surface area contributed by atoms with E-state index in [9.17, 15) is 0 Å². The van der Waals surface area contributed by atoms with Crippen molar-refractivity contribution in [1.29, 1.82) is 0 Å². The van der Waals surface area contributed by atoms with Crippen LogP contribution in [0.25, 0.3) is 0 Å². The van der Waals surface area contributed by atoms with Gasteiger partial charge in [0.05, 0.1) is 0 Å². The molecule has 2 aliphatic rings. The van der Waals surface area contributed by atoms with Gasteiger partial charge in [0.2, 0.25) is 0 Å². The fourth-order valence-corrected chi connectivity index (χ4v) is 3.27. The molecule has 2 N–H and O–H groups in total. The van der Waals surface area contributed by atoms with E-state index in [2.05, 4.69) is 17.9 Å². The summed E-state index contributed by atoms with van der Waals surface area (Å²) in [5.74, 6) is 1.62. The van der Waals surface area contributed by atoms with Crippen molar-refractivity contribution < 1.29 is 9.47 Å². The molecule has 3 rings (SSSR count). The molecule has 1 aromatic carbocycles. The normalized spacial score (nSPS) is 18.7. The fourth-order valence-electron chi connectivity index (χ4n) is 3.27. The molecule has 20 heavy (non-hydrogen) atoms. The van der Waals surface area contributed by atoms with Crippen molar-refractivity contribution in [2.75, 3.05) is 25.5 Å². The van der Waals surface area contributed by atoms with Gasteiger partial charge in [0.25, 0.3) is 0 Å². The van der Waals surface area contributed by atoms with Gasteiger partial charge in [0, 0.05) is 24.3 Å². The molecular formula is C16H24N2O2. The van der Waals surface area contributed by atoms with Crippen molar-refractivity contribution in [3.63, 3.8) is 0 Å². The molecule has 0 amide bonds. The SMILES string of the molecule is CCN(Cc1cc2c(cc1N)OCCO2)C1CCCC1. The molecule has 0 atom stereocenters. The third-order valence-electron chi connectivity index (χ3n) is 4.42. The predicted molar refractivity (Wildman–Crippen MR) is 80.2 cm³/mol. The number of nitrogens with zero attached hydrogens (tertiary/aromatic N) is 1. The Morgan fingerprint density at radius 1 is 1.15 bits per heavy atom. The van der Waals surface area contributed by atoms with Crippen LogP contribution in [0.15, 0.2) is 12.1 Å². The first kappa shape index (κ1) is 13.6. The topological polar surface area (TPSA) is 47.7 Å². The number of fused-ring (bicyclic) bond motifs is 1. The minimum absolute atomic E-state index is 0.606. The van der Waals surface area contributed by atoms with Crippen LogP contribution in [0, 0.1) is 0 Å². The lowest BCUT2D eigenvalue weighted by atomic mass is 10.1. The lowest BCUT2D eigenvalue weighted by Gasteiger charge is -2.28. The third-order valence-corrected chi connectivity index (χ3v) is 4.42. The molecule has 0 radical (unpaired) electrons. The summed E-state index contributed by atoms with van der Waals surface area (Å²) < 4.78 is 11.2. The zero-order chi connectivity index (χ0) is 13.9. The Morgan fingerprint density at radius 2 is 1.80 bits per heavy atom. The van der Waals surface area contributed by atoms with Crippen LogP contribution in [0.1, 0.15) is 38.2 Å². The summed E-state index contributed by atoms with van der Waals surface area (Å²) in [4.78, 5) is 2.54. The van der Waals surface area contributed by atoms with Crippen LogP contribution in [0.4, 0.5) is 5.69 Å². The average Bonchev–Trinajstić information content (AvgIpc) is 2.99. The highest BCUT2D eigenvalue weighted by atomic mass is 16.6. The fraction of sp³-hybridized carbons (Fsp3) is 0.625. The molecule has 1 heterocycles. The first-order valence-electron chi connectivity index (χ1n) is 7.70. The monoisotopic (exact) mass is 276 g/mol. The van der Waals surface area contributed by atoms with Crippen molar-refractivity contribution in [2.45, 2.75) is 45.2 Å². The Balaban J connectivity index is 1.78. The number of benzene rings is 1. The Hall–Kier alpha value is -1.42. The molecule has 1 saturated carbocycles. The Kier molecular flexibility index (Phi) is 4.01. The van der Waals surface area contributed by atoms with E-state index in [0.29, 0.717) is 19.3 Å². The molecule has 1 aromatic rings. The number of hydrogen-bond donors (Lipinski definition) is 1. The molecule has 110 valence electrons. The van der Waals surface area contributed by atoms with Gasteiger partial charge in [0.15, 0.2) is 11.5 Å². The highest BCUT2D eigenvalue weighted by Crippen LogP contribution is 2.35. The highest BCUT2D eigenvalue weighted by Gasteiger charge is 2.23. The maximum absolute atomic E-state index is 6.18. The van der Waals surface area contributed by atoms with Crippen molar-refractivity contribution >= 4 is 5.69 Å². The molecular weight excluding hydrogens is 252 g/mol. The maximum Gasteiger partial charge on any atom is 0.163 e. The second kappa shape index (κ2) is 5.92. The molecule has 0 saturated heterocycles. The molecule has 0 unspecified atom stereocenters. The average molecular weight is 276 g/mol. The zero-order valence-corrected chi connectivity index (χ0v) is 12.2. The van der Waals surface area contributed by atoms with E-state index < -0.39 is 0 Å². The van der Waals surface area contributed by atoms with Crippen molar-refractivity contribution in [1.82, 2.24) is 4.90 Å². The lowest BCUT2D eigenvalue weighted by Crippen LogP contribution is -2.32. The zero-order valence-electron chi connectivity index (χ0n) is 12.2. The van der Waals surface area contributed by atoms with Gasteiger partial charge in [-0.3, -0.25) is 4.90 Å². The van der Waals surface area contributed by atoms with Crippen molar-refractivity contribution in [3.8, 4) is 11.5 Å². The number of anilines is 1. The summed E-state index contributed by atoms with van der Waals surface area (Å²) in [6, 6.07) is 4.68. The van der Waals surface area contributed by atoms with E-state index in [1.165, 1.54) is 25.7 Å². The maximum atomic E-state index is 6.18. The van der Waals surface area contributed by atoms with E-state index in [-0.39, 0.29) is 0 Å². The van der Waals surface area contributed by atoms with Gasteiger partial charge in [-0.15, -0.1) is 0 Å². The number of ether oxygens (including phenoxy) is 2. The van der Waals surface area contributed by atoms with Crippen LogP contribution < -0.4 is 15.2 Å². The van der Waals surface area contributed by atoms with E-state index in [4.69, 9.17) is 15.2 Å². The van der Waals surface area contributed by atoms with E-state index >= 15 is 0 Å². The Morgan fingerprint density at radius 3 is 2.45 bits per heavy atom. The molecule has 4 heteroatoms. The van der Waals surface area contributed by atoms with Gasteiger partial charge >= 0.3 is 0 Å². The lowest BCUT2D eigenvalue weighted by molar-refractivity contribution is 0.170. The Bertz CT molecular complexity index is 470. The molecule has 4 nitrogen and oxygen atoms in total. The van der Waals surface area contributed by atoms with E-state index in [0.717, 1.165) is 35.8 Å². The summed E-state index contributed by atoms with van der Waals surface area (Å²) in [7, 11) is 0. The van der Waals surface area contributed by atoms with Crippen LogP contribution in [-0.4, -0.2) is 30.7 Å². The smallest absolute Gasteiger partial charge is 0.163 e. The predicted octanol–water partition coefficient (Wildman–Crippen LogP) is 2.80. The largest absolute Gasteiger partial charge is 0.486 e. The highest BCUT2D eigenvalue weighted by molar-refractivity contribution is 5.58. The minimum atomic E-state index is 0.606. The molecule has 1 fully saturated rings. The number of rotatable bonds is 4. The minimum Gasteiger partial charge on any atom is -0.486 e. The summed E-state index contributed by atoms with van der Waals surface area (Å²) >= 11 is 0. The van der Waals surface area contributed by atoms with Crippen molar-refractivity contribution in [3.05, 3.63) is 17.7 Å². The van der Waals surface area contributed by atoms with Gasteiger partial charge in [-0.05, 0) is 31.0 Å². The third kappa shape index (κ3) is 2.70. The quantitative estimate of drug-likeness (QED) is 0.859. The molecule has 0 bridgehead atoms. The van der Waals surface area contributed by atoms with Crippen LogP contribution in [0.2, 0.25) is 0 Å². The summed E-state index contributed by atoms with van der Waals surface area (Å²) in [5, 5.41) is 0. The van der Waals surface area contributed by atoms with Gasteiger partial charge < -0.3 is 15.2 Å². The number of hydrogen-bond acceptors (Lipinski definition) is 4. The summed E-state index contributed by atoms with van der Waals surface area (Å²) in [6.07, 6.45) is 5.35. The van der Waals surface area contributed by atoms with Gasteiger partial charge in [0.1, 0.15) is 13.2 Å². The number of nitrogen functional groups attached to an aromatic ring is 1. The summed E-state index contributed by atoms with van der Waals surface area (Å²) in [5.41, 5.74) is 8.15. The Labute approximate surface area is 120 Å². The van der Waals surface area contributed by atoms with Gasteiger partial charge in [-0.1, -0.05) is 19.8 Å². The molecule has 1 aliphatic heterocycles. The molecule has 0 aromatic heterocycles. The van der Waals surface area contributed by atoms with Gasteiger partial charge in [-0.25, -0.2) is 0 Å². The van der Waals surface area contributed by atoms with E-state index in [1.54, 1.807) is 0 Å². The van der Waals surface area contributed by atoms with Crippen LogP contribution in [-0.2, 0) is 6.54 Å². The van der Waals surface area contributed by atoms with Crippen LogP contribution in [0.5, 0.6) is 11.5 Å². The standard InChI is InChI=1S/C16H24N2O2/c1-2-18(13-5-3-4-6-13)11-12-9-15-16(10-14(12)17)20-8-7-19-15/h9-10,13H,2-8,11,17H2,1H3. The second-order valence-corrected chi connectivity index (χ2v) is 5.70. The van der Waals surface area contributed by atoms with Crippen LogP contribution in [0.3, 0.4) is 0 Å². The van der Waals surface area contributed by atoms with Crippen molar-refractivity contribution in [2.24, 2.45) is 0 Å². The summed E-state index contributed by atoms with van der Waals surface area (Å²) in [6.45, 7) is 5.43. The van der Waals surface area contributed by atoms with Gasteiger partial charge in [-0.2, -0.15) is 0 Å². The molecule has 0 spiro atoms. The second-order valence-electron chi connectivity index (χ2n) is 5.70. The number of nitrogens with two attached hydrogens (primary N) is 1. The first-order valence-corrected chi connectivity index (χ1v) is 7.70. The van der Waals surface area contributed by atoms with E-state index in [1.807, 2.05) is 6.07 Å². The molecule has 1 aliphatic carbocycles. The van der Waals surface area contributed by atoms with Crippen LogP contribution >= 0.6 is 0 Å². The first-order chi connectivity index (χ1) is 9.78.